The lowest BCUT2D eigenvalue weighted by Gasteiger charge is -2.27. The third kappa shape index (κ3) is 2.32. The number of aliphatic carboxylic acids is 1. The first-order valence-electron chi connectivity index (χ1n) is 5.68. The highest BCUT2D eigenvalue weighted by molar-refractivity contribution is 5.81. The van der Waals surface area contributed by atoms with Crippen molar-refractivity contribution in [2.45, 2.75) is 19.1 Å². The van der Waals surface area contributed by atoms with Gasteiger partial charge in [0.2, 0.25) is 5.91 Å². The van der Waals surface area contributed by atoms with E-state index in [1.165, 1.54) is 12.4 Å². The number of carbonyl (C=O) groups excluding carboxylic acids is 1. The second-order valence-corrected chi connectivity index (χ2v) is 4.55. The maximum Gasteiger partial charge on any atom is 0.406 e. The zero-order valence-corrected chi connectivity index (χ0v) is 10.2. The molecule has 0 bridgehead atoms. The number of hydrogen-bond donors (Lipinski definition) is 1. The van der Waals surface area contributed by atoms with Crippen LogP contribution in [-0.2, 0) is 16.1 Å². The molecular formula is C10H11F3N4O3. The molecule has 1 unspecified atom stereocenters. The van der Waals surface area contributed by atoms with Crippen molar-refractivity contribution in [1.29, 1.82) is 0 Å². The number of rotatable bonds is 3. The van der Waals surface area contributed by atoms with Crippen molar-refractivity contribution in [1.82, 2.24) is 19.9 Å². The first-order valence-corrected chi connectivity index (χ1v) is 5.68. The normalized spacial score (nSPS) is 23.1. The quantitative estimate of drug-likeness (QED) is 0.856. The average molecular weight is 292 g/mol. The molecule has 2 rings (SSSR count). The van der Waals surface area contributed by atoms with E-state index in [-0.39, 0.29) is 13.1 Å². The van der Waals surface area contributed by atoms with E-state index in [0.717, 1.165) is 9.58 Å². The summed E-state index contributed by atoms with van der Waals surface area (Å²) in [5.41, 5.74) is -2.88. The van der Waals surface area contributed by atoms with E-state index in [0.29, 0.717) is 0 Å². The minimum atomic E-state index is -4.90. The number of likely N-dealkylation sites (tertiary alicyclic amines) is 1. The summed E-state index contributed by atoms with van der Waals surface area (Å²) in [5.74, 6) is -2.58. The van der Waals surface area contributed by atoms with E-state index in [1.807, 2.05) is 0 Å². The molecule has 0 aliphatic carbocycles. The summed E-state index contributed by atoms with van der Waals surface area (Å²) >= 11 is 0. The Labute approximate surface area is 111 Å². The molecule has 0 spiro atoms. The number of amides is 1. The molecule has 1 aliphatic rings. The molecule has 1 aromatic rings. The van der Waals surface area contributed by atoms with Crippen LogP contribution in [0.1, 0.15) is 6.42 Å². The van der Waals surface area contributed by atoms with Crippen LogP contribution in [0.15, 0.2) is 12.4 Å². The van der Waals surface area contributed by atoms with E-state index in [9.17, 15) is 22.8 Å². The van der Waals surface area contributed by atoms with Gasteiger partial charge in [0.15, 0.2) is 5.41 Å². The number of aromatic nitrogens is 3. The molecule has 10 heteroatoms. The Hall–Kier alpha value is -2.13. The molecule has 0 aromatic carbocycles. The second kappa shape index (κ2) is 4.76. The minimum absolute atomic E-state index is 0.251. The second-order valence-electron chi connectivity index (χ2n) is 4.55. The minimum Gasteiger partial charge on any atom is -0.481 e. The van der Waals surface area contributed by atoms with Gasteiger partial charge in [0.1, 0.15) is 6.54 Å². The SMILES string of the molecule is O=C(Cn1ccnn1)N1CCC(C(=O)O)(C(F)(F)F)C1. The molecule has 110 valence electrons. The number of hydrogen-bond acceptors (Lipinski definition) is 4. The van der Waals surface area contributed by atoms with Crippen molar-refractivity contribution in [3.8, 4) is 0 Å². The lowest BCUT2D eigenvalue weighted by atomic mass is 9.86. The Kier molecular flexibility index (Phi) is 3.40. The fourth-order valence-electron chi connectivity index (χ4n) is 2.11. The van der Waals surface area contributed by atoms with E-state index in [1.54, 1.807) is 0 Å². The topological polar surface area (TPSA) is 88.3 Å². The molecule has 1 N–H and O–H groups in total. The highest BCUT2D eigenvalue weighted by atomic mass is 19.4. The van der Waals surface area contributed by atoms with Crippen LogP contribution in [0, 0.1) is 5.41 Å². The van der Waals surface area contributed by atoms with Gasteiger partial charge in [-0.15, -0.1) is 5.10 Å². The fourth-order valence-corrected chi connectivity index (χ4v) is 2.11. The predicted octanol–water partition coefficient (Wildman–Crippen LogP) is 0.144. The monoisotopic (exact) mass is 292 g/mol. The van der Waals surface area contributed by atoms with Crippen molar-refractivity contribution < 1.29 is 27.9 Å². The van der Waals surface area contributed by atoms with E-state index in [2.05, 4.69) is 10.3 Å². The van der Waals surface area contributed by atoms with E-state index < -0.39 is 36.4 Å². The summed E-state index contributed by atoms with van der Waals surface area (Å²) in [6.07, 6.45) is -2.83. The van der Waals surface area contributed by atoms with Gasteiger partial charge in [0, 0.05) is 19.3 Å². The molecule has 0 saturated carbocycles. The van der Waals surface area contributed by atoms with Gasteiger partial charge in [0.25, 0.3) is 0 Å². The molecule has 1 saturated heterocycles. The average Bonchev–Trinajstić information content (AvgIpc) is 2.96. The molecular weight excluding hydrogens is 281 g/mol. The summed E-state index contributed by atoms with van der Waals surface area (Å²) in [6.45, 7) is -1.40. The highest BCUT2D eigenvalue weighted by Crippen LogP contribution is 2.45. The maximum absolute atomic E-state index is 12.9. The van der Waals surface area contributed by atoms with Gasteiger partial charge >= 0.3 is 12.1 Å². The number of carboxylic acid groups (broad SMARTS) is 1. The molecule has 20 heavy (non-hydrogen) atoms. The highest BCUT2D eigenvalue weighted by Gasteiger charge is 2.64. The van der Waals surface area contributed by atoms with Crippen molar-refractivity contribution in [3.63, 3.8) is 0 Å². The number of carboxylic acids is 1. The third-order valence-electron chi connectivity index (χ3n) is 3.34. The zero-order valence-electron chi connectivity index (χ0n) is 10.2. The molecule has 1 aromatic heterocycles. The summed E-state index contributed by atoms with van der Waals surface area (Å²) in [7, 11) is 0. The van der Waals surface area contributed by atoms with Crippen LogP contribution in [0.2, 0.25) is 0 Å². The van der Waals surface area contributed by atoms with Crippen LogP contribution < -0.4 is 0 Å². The predicted molar refractivity (Wildman–Crippen MR) is 57.3 cm³/mol. The van der Waals surface area contributed by atoms with Crippen molar-refractivity contribution in [2.75, 3.05) is 13.1 Å². The Morgan fingerprint density at radius 3 is 2.55 bits per heavy atom. The number of carbonyl (C=O) groups is 2. The van der Waals surface area contributed by atoms with Gasteiger partial charge in [-0.3, -0.25) is 9.59 Å². The van der Waals surface area contributed by atoms with Gasteiger partial charge in [-0.1, -0.05) is 5.21 Å². The van der Waals surface area contributed by atoms with Gasteiger partial charge in [0.05, 0.1) is 6.20 Å². The van der Waals surface area contributed by atoms with Gasteiger partial charge in [-0.25, -0.2) is 4.68 Å². The van der Waals surface area contributed by atoms with Gasteiger partial charge < -0.3 is 10.0 Å². The van der Waals surface area contributed by atoms with E-state index in [4.69, 9.17) is 5.11 Å². The zero-order chi connectivity index (χ0) is 15.0. The Bertz CT molecular complexity index is 516. The van der Waals surface area contributed by atoms with Crippen LogP contribution in [0.5, 0.6) is 0 Å². The lowest BCUT2D eigenvalue weighted by Crippen LogP contribution is -2.48. The summed E-state index contributed by atoms with van der Waals surface area (Å²) in [4.78, 5) is 23.7. The summed E-state index contributed by atoms with van der Waals surface area (Å²) in [5, 5.41) is 15.9. The molecule has 2 heterocycles. The Morgan fingerprint density at radius 1 is 1.40 bits per heavy atom. The lowest BCUT2D eigenvalue weighted by molar-refractivity contribution is -0.227. The molecule has 7 nitrogen and oxygen atoms in total. The first kappa shape index (κ1) is 14.3. The fraction of sp³-hybridized carbons (Fsp3) is 0.600. The molecule has 0 radical (unpaired) electrons. The van der Waals surface area contributed by atoms with Gasteiger partial charge in [-0.05, 0) is 6.42 Å². The molecule has 1 atom stereocenters. The van der Waals surface area contributed by atoms with Crippen LogP contribution in [0.3, 0.4) is 0 Å². The number of halogens is 3. The maximum atomic E-state index is 12.9. The molecule has 1 amide bonds. The van der Waals surface area contributed by atoms with Crippen LogP contribution in [0.4, 0.5) is 13.2 Å². The standard InChI is InChI=1S/C10H11F3N4O3/c11-10(12,13)9(8(19)20)1-3-16(6-9)7(18)5-17-4-2-14-15-17/h2,4H,1,3,5-6H2,(H,19,20). The van der Waals surface area contributed by atoms with Crippen molar-refractivity contribution in [3.05, 3.63) is 12.4 Å². The Morgan fingerprint density at radius 2 is 2.10 bits per heavy atom. The summed E-state index contributed by atoms with van der Waals surface area (Å²) < 4.78 is 40.0. The van der Waals surface area contributed by atoms with Crippen molar-refractivity contribution in [2.24, 2.45) is 5.41 Å². The smallest absolute Gasteiger partial charge is 0.406 e. The largest absolute Gasteiger partial charge is 0.481 e. The first-order chi connectivity index (χ1) is 9.26. The molecule has 1 aliphatic heterocycles. The number of nitrogens with zero attached hydrogens (tertiary/aromatic N) is 4. The Balaban J connectivity index is 2.11. The van der Waals surface area contributed by atoms with Gasteiger partial charge in [-0.2, -0.15) is 13.2 Å². The van der Waals surface area contributed by atoms with E-state index >= 15 is 0 Å². The van der Waals surface area contributed by atoms with Crippen LogP contribution in [-0.4, -0.2) is 56.1 Å². The summed E-state index contributed by atoms with van der Waals surface area (Å²) in [6, 6.07) is 0. The molecule has 1 fully saturated rings. The van der Waals surface area contributed by atoms with Crippen LogP contribution in [0.25, 0.3) is 0 Å². The third-order valence-corrected chi connectivity index (χ3v) is 3.34. The number of alkyl halides is 3. The van der Waals surface area contributed by atoms with Crippen LogP contribution >= 0.6 is 0 Å². The van der Waals surface area contributed by atoms with Crippen molar-refractivity contribution >= 4 is 11.9 Å².